The summed E-state index contributed by atoms with van der Waals surface area (Å²) in [7, 11) is -12.0. The molecule has 0 amide bonds. The molecule has 0 spiro atoms. The Kier molecular flexibility index (Phi) is 15.4. The van der Waals surface area contributed by atoms with Crippen molar-refractivity contribution in [3.05, 3.63) is 0 Å². The lowest BCUT2D eigenvalue weighted by Crippen LogP contribution is -3.50. The van der Waals surface area contributed by atoms with Gasteiger partial charge in [-0.05, 0) is 47.3 Å². The molecule has 0 aromatic heterocycles. The highest BCUT2D eigenvalue weighted by molar-refractivity contribution is 8.76. The summed E-state index contributed by atoms with van der Waals surface area (Å²) in [5, 5.41) is 0. The first kappa shape index (κ1) is 53.2. The second-order valence-corrected chi connectivity index (χ2v) is 187. The molecule has 0 unspecified atom stereocenters. The minimum absolute atomic E-state index is 0.965. The molecule has 0 radical (unpaired) electrons. The molecule has 12 heteroatoms. The summed E-state index contributed by atoms with van der Waals surface area (Å²) in [6.07, 6.45) is -6.26. The van der Waals surface area contributed by atoms with Crippen LogP contribution < -0.4 is 0 Å². The van der Waals surface area contributed by atoms with Crippen LogP contribution in [0.15, 0.2) is 0 Å². The minimum atomic E-state index is -1.65. The summed E-state index contributed by atoms with van der Waals surface area (Å²) in [6, 6.07) is 22.6. The predicted molar refractivity (Wildman–Crippen MR) is 303 cm³/mol. The Hall–Kier alpha value is 2.60. The monoisotopic (exact) mass is 999 g/mol. The quantitative estimate of drug-likeness (QED) is 0.0895. The van der Waals surface area contributed by atoms with E-state index in [9.17, 15) is 0 Å². The number of rotatable bonds is 23. The molecule has 4 bridgehead atoms. The fraction of sp³-hybridized carbons (Fsp3) is 1.00. The van der Waals surface area contributed by atoms with Crippen LogP contribution >= 0.6 is 0 Å². The van der Waals surface area contributed by atoms with Gasteiger partial charge in [0, 0.05) is 82.4 Å². The Bertz CT molecular complexity index is 1230. The molecule has 0 aromatic rings. The van der Waals surface area contributed by atoms with E-state index in [0.717, 1.165) is 47.3 Å². The van der Waals surface area contributed by atoms with E-state index < -0.39 is 82.4 Å². The van der Waals surface area contributed by atoms with Gasteiger partial charge in [-0.3, -0.25) is 0 Å². The molecule has 0 nitrogen and oxygen atoms in total. The van der Waals surface area contributed by atoms with E-state index in [1.165, 1.54) is 0 Å². The zero-order valence-corrected chi connectivity index (χ0v) is 57.1. The highest BCUT2D eigenvalue weighted by atomic mass is 31.0. The van der Waals surface area contributed by atoms with Crippen LogP contribution in [0.1, 0.15) is 138 Å². The van der Waals surface area contributed by atoms with Gasteiger partial charge in [0.15, 0.2) is 0 Å². The molecule has 6 aliphatic rings. The lowest BCUT2D eigenvalue weighted by Gasteiger charge is -3.17. The normalized spacial score (nSPS) is 32.4. The van der Waals surface area contributed by atoms with E-state index in [0.29, 0.717) is 0 Å². The molecule has 0 atom stereocenters. The SMILES string of the molecule is CC[Si]1(CC)[Si]2([Si](C)(C)C)[Si](CC(C)C)(CC(C)C)[Si]1([Si]13[Si](CC)(CC)[Si]([Si](C)(C)C)([Si]1(CC(C)C)CC(C)C)[Si]3(CC(C)C)CC(C)C)[Si]2(CC(C)C)CC(C)C. The molecule has 0 N–H and O–H groups in total. The topological polar surface area (TPSA) is 0 Å². The Morgan fingerprint density at radius 1 is 0.259 bits per heavy atom. The van der Waals surface area contributed by atoms with Crippen molar-refractivity contribution in [2.75, 3.05) is 0 Å². The molecule has 6 aliphatic heterocycles. The Balaban J connectivity index is 2.67. The average molecular weight is 1000 g/mol. The van der Waals surface area contributed by atoms with Crippen molar-refractivity contribution >= 4 is 82.4 Å². The molecule has 6 fully saturated rings. The highest BCUT2D eigenvalue weighted by Gasteiger charge is 3.22. The summed E-state index contributed by atoms with van der Waals surface area (Å²) in [5.74, 6) is 7.72. The van der Waals surface area contributed by atoms with E-state index in [4.69, 9.17) is 0 Å². The maximum absolute atomic E-state index is 3.20. The molecule has 0 aromatic carbocycles. The Morgan fingerprint density at radius 3 is 0.483 bits per heavy atom. The van der Waals surface area contributed by atoms with Gasteiger partial charge in [-0.15, -0.1) is 0 Å². The Labute approximate surface area is 377 Å². The van der Waals surface area contributed by atoms with Crippen molar-refractivity contribution in [1.82, 2.24) is 0 Å². The van der Waals surface area contributed by atoms with Crippen molar-refractivity contribution in [3.8, 4) is 0 Å². The van der Waals surface area contributed by atoms with Crippen molar-refractivity contribution in [2.45, 2.75) is 250 Å². The van der Waals surface area contributed by atoms with Gasteiger partial charge >= 0.3 is 0 Å². The van der Waals surface area contributed by atoms with Gasteiger partial charge < -0.3 is 0 Å². The van der Waals surface area contributed by atoms with Gasteiger partial charge in [0.25, 0.3) is 0 Å². The van der Waals surface area contributed by atoms with Gasteiger partial charge in [0.05, 0.1) is 0 Å². The van der Waals surface area contributed by atoms with Crippen LogP contribution in [0.2, 0.25) is 112 Å². The summed E-state index contributed by atoms with van der Waals surface area (Å²) < 4.78 is 0. The smallest absolute Gasteiger partial charge is 0.0306 e. The van der Waals surface area contributed by atoms with Gasteiger partial charge in [-0.2, -0.15) is 0 Å². The molecular formula is C46H110Si12. The van der Waals surface area contributed by atoms with Crippen molar-refractivity contribution in [1.29, 1.82) is 0 Å². The van der Waals surface area contributed by atoms with Crippen LogP contribution in [0.3, 0.4) is 0 Å². The zero-order valence-electron chi connectivity index (χ0n) is 45.1. The standard InChI is InChI=1S/C46H110Si12/c1-27-49(28-2)55(47(21,22)23)51(31-39(5)6,32-40(7)8)57(49,52(55,33-41(9)10)34-42(11)12)58-50(29-3,30-4)56(48(24,25)26,53(58,35-43(13)14)36-44(15)16)54(58,37-45(17)18)38-46(19)20/h39-46H,27-38H2,1-26H3. The van der Waals surface area contributed by atoms with Crippen LogP contribution in [-0.4, -0.2) is 82.4 Å². The summed E-state index contributed by atoms with van der Waals surface area (Å²) in [5.41, 5.74) is 0. The van der Waals surface area contributed by atoms with Gasteiger partial charge in [0.1, 0.15) is 0 Å². The lowest BCUT2D eigenvalue weighted by molar-refractivity contribution is 0.680. The molecule has 6 heterocycles. The highest BCUT2D eigenvalue weighted by Crippen LogP contribution is 2.92. The fourth-order valence-corrected chi connectivity index (χ4v) is 1210. The van der Waals surface area contributed by atoms with E-state index in [-0.39, 0.29) is 0 Å². The van der Waals surface area contributed by atoms with E-state index in [1.807, 2.05) is 72.5 Å². The maximum atomic E-state index is 3.20. The molecule has 58 heavy (non-hydrogen) atoms. The van der Waals surface area contributed by atoms with Crippen LogP contribution in [0, 0.1) is 47.3 Å². The van der Waals surface area contributed by atoms with E-state index >= 15 is 0 Å². The second kappa shape index (κ2) is 16.7. The summed E-state index contributed by atoms with van der Waals surface area (Å²) in [6.45, 7) is 76.9. The van der Waals surface area contributed by atoms with Crippen molar-refractivity contribution in [2.24, 2.45) is 47.3 Å². The summed E-state index contributed by atoms with van der Waals surface area (Å²) in [4.78, 5) is 0. The summed E-state index contributed by atoms with van der Waals surface area (Å²) >= 11 is 0. The molecule has 6 rings (SSSR count). The average Bonchev–Trinajstić information content (AvgIpc) is 2.99. The van der Waals surface area contributed by atoms with Gasteiger partial charge in [0.2, 0.25) is 0 Å². The lowest BCUT2D eigenvalue weighted by atomic mass is 10.3. The fourth-order valence-electron chi connectivity index (χ4n) is 24.2. The maximum Gasteiger partial charge on any atom is 0.0306 e. The largest absolute Gasteiger partial charge is 0.0721 e. The van der Waals surface area contributed by atoms with E-state index in [1.54, 1.807) is 0 Å². The number of hydrogen-bond donors (Lipinski definition) is 0. The first-order chi connectivity index (χ1) is 26.3. The molecule has 0 saturated carbocycles. The van der Waals surface area contributed by atoms with Crippen LogP contribution in [0.5, 0.6) is 0 Å². The molecule has 6 saturated heterocycles. The number of hydrogen-bond acceptors (Lipinski definition) is 0. The van der Waals surface area contributed by atoms with Gasteiger partial charge in [-0.1, -0.05) is 250 Å². The van der Waals surface area contributed by atoms with Crippen LogP contribution in [0.4, 0.5) is 0 Å². The molecular weight excluding hydrogens is 890 g/mol. The third-order valence-corrected chi connectivity index (χ3v) is 504. The van der Waals surface area contributed by atoms with E-state index in [2.05, 4.69) is 178 Å². The van der Waals surface area contributed by atoms with Crippen LogP contribution in [-0.2, 0) is 0 Å². The first-order valence-electron chi connectivity index (χ1n) is 26.3. The van der Waals surface area contributed by atoms with Crippen LogP contribution in [0.25, 0.3) is 0 Å². The third kappa shape index (κ3) is 5.41. The predicted octanol–water partition coefficient (Wildman–Crippen LogP) is 15.7. The first-order valence-corrected chi connectivity index (χ1v) is 70.8. The zero-order chi connectivity index (χ0) is 45.1. The Morgan fingerprint density at radius 2 is 0.397 bits per heavy atom. The van der Waals surface area contributed by atoms with Gasteiger partial charge in [-0.25, -0.2) is 0 Å². The molecule has 342 valence electrons. The third-order valence-electron chi connectivity index (χ3n) is 19.9. The van der Waals surface area contributed by atoms with Crippen molar-refractivity contribution < 1.29 is 0 Å². The second-order valence-electron chi connectivity index (χ2n) is 28.2. The van der Waals surface area contributed by atoms with Crippen molar-refractivity contribution in [3.63, 3.8) is 0 Å². The minimum Gasteiger partial charge on any atom is -0.0721 e. The molecule has 0 aliphatic carbocycles.